The van der Waals surface area contributed by atoms with Crippen LogP contribution >= 0.6 is 0 Å². The molecule has 0 saturated carbocycles. The van der Waals surface area contributed by atoms with Gasteiger partial charge in [-0.15, -0.1) is 0 Å². The molecule has 0 aliphatic carbocycles. The number of nitrogens with one attached hydrogen (secondary N) is 2. The van der Waals surface area contributed by atoms with Crippen LogP contribution in [0.5, 0.6) is 11.5 Å². The second kappa shape index (κ2) is 20.3. The number of aliphatic hydroxyl groups excluding tert-OH is 1. The molecule has 5 rings (SSSR count). The zero-order chi connectivity index (χ0) is 43.5. The lowest BCUT2D eigenvalue weighted by molar-refractivity contribution is -0.140. The van der Waals surface area contributed by atoms with Crippen molar-refractivity contribution in [3.05, 3.63) is 161 Å². The van der Waals surface area contributed by atoms with Crippen LogP contribution in [0.3, 0.4) is 0 Å². The second-order valence-corrected chi connectivity index (χ2v) is 21.8. The predicted octanol–water partition coefficient (Wildman–Crippen LogP) is 11.3. The predicted molar refractivity (Wildman–Crippen MR) is 244 cm³/mol. The van der Waals surface area contributed by atoms with E-state index in [1.54, 1.807) is 33.4 Å². The molecule has 5 atom stereocenters. The van der Waals surface area contributed by atoms with Gasteiger partial charge in [0.05, 0.1) is 44.4 Å². The van der Waals surface area contributed by atoms with Crippen molar-refractivity contribution in [1.29, 1.82) is 0 Å². The number of methoxy groups -OCH3 is 2. The fraction of sp³-hybridized carbons (Fsp3) is 0.360. The Morgan fingerprint density at radius 1 is 0.800 bits per heavy atom. The third-order valence-electron chi connectivity index (χ3n) is 12.2. The first-order valence-electron chi connectivity index (χ1n) is 20.6. The van der Waals surface area contributed by atoms with Gasteiger partial charge in [0.25, 0.3) is 0 Å². The van der Waals surface area contributed by atoms with E-state index in [9.17, 15) is 9.50 Å². The highest BCUT2D eigenvalue weighted by atomic mass is 28.4. The van der Waals surface area contributed by atoms with Gasteiger partial charge in [0.15, 0.2) is 8.32 Å². The minimum Gasteiger partial charge on any atom is -0.497 e. The fourth-order valence-electron chi connectivity index (χ4n) is 7.54. The second-order valence-electron chi connectivity index (χ2n) is 17.0. The molecule has 5 aromatic rings. The number of anilines is 1. The van der Waals surface area contributed by atoms with E-state index in [1.165, 1.54) is 12.1 Å². The van der Waals surface area contributed by atoms with Gasteiger partial charge in [-0.05, 0) is 119 Å². The molecule has 0 aliphatic heterocycles. The first kappa shape index (κ1) is 45.8. The normalized spacial score (nSPS) is 15.1. The molecule has 0 unspecified atom stereocenters. The quantitative estimate of drug-likeness (QED) is 0.0566. The van der Waals surface area contributed by atoms with Crippen molar-refractivity contribution in [2.75, 3.05) is 26.6 Å². The number of carbonyl (C=O) groups is 1. The molecule has 0 fully saturated rings. The van der Waals surface area contributed by atoms with Gasteiger partial charge < -0.3 is 29.6 Å². The largest absolute Gasteiger partial charge is 0.497 e. The summed E-state index contributed by atoms with van der Waals surface area (Å²) in [4.78, 5) is 19.8. The molecule has 0 saturated heterocycles. The summed E-state index contributed by atoms with van der Waals surface area (Å²) in [7, 11) is 2.53. The fourth-order valence-corrected chi connectivity index (χ4v) is 8.86. The summed E-state index contributed by atoms with van der Waals surface area (Å²) >= 11 is 0. The van der Waals surface area contributed by atoms with Crippen molar-refractivity contribution >= 4 is 26.1 Å². The highest BCUT2D eigenvalue weighted by Gasteiger charge is 2.53. The van der Waals surface area contributed by atoms with Crippen molar-refractivity contribution < 1.29 is 28.2 Å². The van der Waals surface area contributed by atoms with Gasteiger partial charge in [0.1, 0.15) is 17.3 Å². The molecule has 10 heteroatoms. The highest BCUT2D eigenvalue weighted by Crippen LogP contribution is 2.53. The third kappa shape index (κ3) is 11.1. The van der Waals surface area contributed by atoms with E-state index in [1.807, 2.05) is 116 Å². The molecule has 0 spiro atoms. The zero-order valence-electron chi connectivity index (χ0n) is 36.5. The average Bonchev–Trinajstić information content (AvgIpc) is 3.26. The summed E-state index contributed by atoms with van der Waals surface area (Å²) in [6.45, 7) is 13.4. The first-order chi connectivity index (χ1) is 28.6. The number of aliphatic imine (C=N–C) groups is 1. The molecule has 0 radical (unpaired) electrons. The lowest BCUT2D eigenvalue weighted by atomic mass is 9.62. The molecule has 8 nitrogen and oxygen atoms in total. The van der Waals surface area contributed by atoms with Crippen molar-refractivity contribution in [2.45, 2.75) is 83.5 Å². The van der Waals surface area contributed by atoms with E-state index in [0.29, 0.717) is 30.7 Å². The summed E-state index contributed by atoms with van der Waals surface area (Å²) < 4.78 is 32.3. The van der Waals surface area contributed by atoms with Crippen molar-refractivity contribution in [2.24, 2.45) is 16.3 Å². The summed E-state index contributed by atoms with van der Waals surface area (Å²) in [5.41, 5.74) is 3.88. The standard InChI is InChI=1S/C50H62FN3O5Si/c1-35(46(55)39-13-11-10-12-14-39)50(48(56)52-5,32-31-45(38-19-23-41(51)24-20-38)59-60(8,9)49(2,3)4)47(40-21-29-44(58-7)30-22-40)54-42-25-15-36(16-26-42)33-53-34-37-17-27-43(57-6)28-18-37/h10-30,34-35,45-47,54-55H,31-33H2,1-9H3,(H,52,56)/t35-,45+,46+,47+,50-/m1/s1. The van der Waals surface area contributed by atoms with Crippen LogP contribution in [0.15, 0.2) is 132 Å². The molecular weight excluding hydrogens is 770 g/mol. The molecule has 3 N–H and O–H groups in total. The Morgan fingerprint density at radius 2 is 1.37 bits per heavy atom. The number of amides is 1. The maximum absolute atomic E-state index is 15.1. The Labute approximate surface area is 357 Å². The van der Waals surface area contributed by atoms with Gasteiger partial charge in [-0.25, -0.2) is 4.39 Å². The van der Waals surface area contributed by atoms with E-state index >= 15 is 4.79 Å². The summed E-state index contributed by atoms with van der Waals surface area (Å²) in [5.74, 6) is 0.280. The Bertz CT molecular complexity index is 2120. The number of aliphatic hydroxyl groups is 1. The van der Waals surface area contributed by atoms with E-state index in [2.05, 4.69) is 49.5 Å². The van der Waals surface area contributed by atoms with Crippen LogP contribution in [-0.2, 0) is 15.8 Å². The van der Waals surface area contributed by atoms with E-state index in [4.69, 9.17) is 13.9 Å². The lowest BCUT2D eigenvalue weighted by Crippen LogP contribution is -2.52. The minimum atomic E-state index is -2.39. The Morgan fingerprint density at radius 3 is 1.92 bits per heavy atom. The maximum atomic E-state index is 15.1. The van der Waals surface area contributed by atoms with Crippen LogP contribution in [-0.4, -0.2) is 46.8 Å². The number of benzene rings is 5. The van der Waals surface area contributed by atoms with Crippen molar-refractivity contribution in [3.63, 3.8) is 0 Å². The minimum absolute atomic E-state index is 0.111. The Kier molecular flexibility index (Phi) is 15.5. The summed E-state index contributed by atoms with van der Waals surface area (Å²) in [6, 6.07) is 38.8. The smallest absolute Gasteiger partial charge is 0.228 e. The van der Waals surface area contributed by atoms with Gasteiger partial charge in [-0.2, -0.15) is 0 Å². The van der Waals surface area contributed by atoms with Crippen LogP contribution in [0, 0.1) is 17.2 Å². The van der Waals surface area contributed by atoms with Crippen LogP contribution in [0.25, 0.3) is 0 Å². The number of hydrogen-bond acceptors (Lipinski definition) is 7. The summed E-state index contributed by atoms with van der Waals surface area (Å²) in [6.07, 6.45) is 1.09. The maximum Gasteiger partial charge on any atom is 0.228 e. The molecular formula is C50H62FN3O5Si. The van der Waals surface area contributed by atoms with Gasteiger partial charge in [0, 0.05) is 24.9 Å². The zero-order valence-corrected chi connectivity index (χ0v) is 37.5. The molecule has 1 amide bonds. The van der Waals surface area contributed by atoms with E-state index < -0.39 is 37.9 Å². The third-order valence-corrected chi connectivity index (χ3v) is 16.7. The van der Waals surface area contributed by atoms with Crippen LogP contribution in [0.4, 0.5) is 10.1 Å². The molecule has 0 aliphatic rings. The summed E-state index contributed by atoms with van der Waals surface area (Å²) in [5, 5.41) is 19.0. The molecule has 5 aromatic carbocycles. The van der Waals surface area contributed by atoms with Gasteiger partial charge in [-0.1, -0.05) is 94.4 Å². The number of carbonyl (C=O) groups excluding carboxylic acids is 1. The average molecular weight is 832 g/mol. The topological polar surface area (TPSA) is 101 Å². The van der Waals surface area contributed by atoms with Crippen LogP contribution in [0.1, 0.15) is 86.6 Å². The number of ether oxygens (including phenoxy) is 2. The number of halogens is 1. The van der Waals surface area contributed by atoms with Gasteiger partial charge >= 0.3 is 0 Å². The highest BCUT2D eigenvalue weighted by molar-refractivity contribution is 6.74. The number of hydrogen-bond donors (Lipinski definition) is 3. The Balaban J connectivity index is 1.61. The molecule has 0 heterocycles. The van der Waals surface area contributed by atoms with Crippen LogP contribution in [0.2, 0.25) is 18.1 Å². The Hall–Kier alpha value is -5.29. The SMILES string of the molecule is CNC(=O)[C@](CC[C@H](O[Si](C)(C)C(C)(C)C)c1ccc(F)cc1)([C@H](C)[C@H](O)c1ccccc1)[C@@H](Nc1ccc(CN=Cc2ccc(OC)cc2)cc1)c1ccc(OC)cc1. The monoisotopic (exact) mass is 831 g/mol. The molecule has 318 valence electrons. The number of rotatable bonds is 19. The van der Waals surface area contributed by atoms with Crippen LogP contribution < -0.4 is 20.1 Å². The van der Waals surface area contributed by atoms with E-state index in [-0.39, 0.29) is 16.8 Å². The van der Waals surface area contributed by atoms with Gasteiger partial charge in [-0.3, -0.25) is 9.79 Å². The van der Waals surface area contributed by atoms with E-state index in [0.717, 1.165) is 33.7 Å². The molecule has 60 heavy (non-hydrogen) atoms. The van der Waals surface area contributed by atoms with Crippen molar-refractivity contribution in [3.8, 4) is 11.5 Å². The van der Waals surface area contributed by atoms with Crippen molar-refractivity contribution in [1.82, 2.24) is 5.32 Å². The number of nitrogens with zero attached hydrogens (tertiary/aromatic N) is 1. The van der Waals surface area contributed by atoms with Gasteiger partial charge in [0.2, 0.25) is 5.91 Å². The lowest BCUT2D eigenvalue weighted by Gasteiger charge is -2.47. The molecule has 0 aromatic heterocycles. The molecule has 0 bridgehead atoms. The first-order valence-corrected chi connectivity index (χ1v) is 23.5.